The average molecular weight is 705 g/mol. The highest BCUT2D eigenvalue weighted by atomic mass is 31.2. The van der Waals surface area contributed by atoms with E-state index in [0.29, 0.717) is 0 Å². The Morgan fingerprint density at radius 1 is 0.553 bits per heavy atom. The summed E-state index contributed by atoms with van der Waals surface area (Å²) < 4.78 is 7.15. The van der Waals surface area contributed by atoms with Crippen LogP contribution in [0.2, 0.25) is 0 Å². The topological polar surface area (TPSA) is 191 Å². The van der Waals surface area contributed by atoms with E-state index in [1.165, 1.54) is 33.4 Å². The van der Waals surface area contributed by atoms with Gasteiger partial charge in [-0.3, -0.25) is 0 Å². The van der Waals surface area contributed by atoms with Crippen LogP contribution in [0.1, 0.15) is 124 Å². The van der Waals surface area contributed by atoms with Gasteiger partial charge in [-0.05, 0) is 93.0 Å². The van der Waals surface area contributed by atoms with Crippen LogP contribution in [0, 0.1) is 19.3 Å². The van der Waals surface area contributed by atoms with Gasteiger partial charge in [-0.1, -0.05) is 88.8 Å². The maximum Gasteiger partial charge on any atom is 0.324 e. The van der Waals surface area contributed by atoms with Crippen LogP contribution in [-0.4, -0.2) is 64.5 Å². The minimum atomic E-state index is -2.62. The molecule has 0 aliphatic rings. The molecule has 0 bridgehead atoms. The van der Waals surface area contributed by atoms with Crippen LogP contribution in [0.15, 0.2) is 24.3 Å². The van der Waals surface area contributed by atoms with Gasteiger partial charge >= 0.3 is 17.2 Å². The molecule has 0 aromatic heterocycles. The van der Waals surface area contributed by atoms with E-state index < -0.39 is 28.7 Å². The van der Waals surface area contributed by atoms with Gasteiger partial charge in [-0.15, -0.1) is 0 Å². The molecule has 2 aromatic rings. The SMILES string of the molecule is CCCCc1cc(C)cc(CCCC)c1OC(c1c(CCCC)cc(C)cc1CCCC)C(CO)(CO)CO.OP(O)O.OP(O)O. The quantitative estimate of drug-likeness (QED) is 0.0768. The van der Waals surface area contributed by atoms with Crippen molar-refractivity contribution in [2.45, 2.75) is 125 Å². The first-order valence-corrected chi connectivity index (χ1v) is 19.2. The average Bonchev–Trinajstić information content (AvgIpc) is 3.01. The third kappa shape index (κ3) is 16.8. The van der Waals surface area contributed by atoms with Gasteiger partial charge in [0.05, 0.1) is 25.2 Å². The summed E-state index contributed by atoms with van der Waals surface area (Å²) in [5.41, 5.74) is 7.10. The molecule has 1 unspecified atom stereocenters. The van der Waals surface area contributed by atoms with Gasteiger partial charge in [0.1, 0.15) is 11.9 Å². The molecule has 1 atom stereocenters. The third-order valence-corrected chi connectivity index (χ3v) is 8.08. The Balaban J connectivity index is 0.00000236. The zero-order valence-electron chi connectivity index (χ0n) is 29.3. The van der Waals surface area contributed by atoms with E-state index in [4.69, 9.17) is 34.1 Å². The summed E-state index contributed by atoms with van der Waals surface area (Å²) in [6.45, 7) is 12.0. The zero-order chi connectivity index (χ0) is 36.0. The van der Waals surface area contributed by atoms with Crippen molar-refractivity contribution in [3.05, 3.63) is 63.2 Å². The van der Waals surface area contributed by atoms with Crippen LogP contribution in [0.5, 0.6) is 5.75 Å². The highest BCUT2D eigenvalue weighted by Gasteiger charge is 2.43. The fourth-order valence-corrected chi connectivity index (χ4v) is 5.63. The summed E-state index contributed by atoms with van der Waals surface area (Å²) in [4.78, 5) is 43.4. The molecule has 12 heteroatoms. The van der Waals surface area contributed by atoms with Crippen molar-refractivity contribution in [2.24, 2.45) is 5.41 Å². The normalized spacial score (nSPS) is 12.0. The van der Waals surface area contributed by atoms with Crippen molar-refractivity contribution in [2.75, 3.05) is 19.8 Å². The molecule has 272 valence electrons. The predicted molar refractivity (Wildman–Crippen MR) is 191 cm³/mol. The number of ether oxygens (including phenoxy) is 1. The molecule has 0 radical (unpaired) electrons. The Kier molecular flexibility index (Phi) is 25.0. The summed E-state index contributed by atoms with van der Waals surface area (Å²) in [5, 5.41) is 32.2. The van der Waals surface area contributed by atoms with Gasteiger partial charge in [0, 0.05) is 0 Å². The Hall–Kier alpha value is -1.26. The Morgan fingerprint density at radius 3 is 1.11 bits per heavy atom. The van der Waals surface area contributed by atoms with Crippen molar-refractivity contribution in [3.8, 4) is 5.75 Å². The molecule has 2 rings (SSSR count). The molecule has 0 amide bonds. The first-order valence-electron chi connectivity index (χ1n) is 16.8. The van der Waals surface area contributed by atoms with Gasteiger partial charge in [0.15, 0.2) is 0 Å². The molecule has 10 nitrogen and oxygen atoms in total. The number of benzene rings is 2. The number of aliphatic hydroxyl groups excluding tert-OH is 3. The molecule has 0 saturated carbocycles. The van der Waals surface area contributed by atoms with Crippen LogP contribution in [0.3, 0.4) is 0 Å². The lowest BCUT2D eigenvalue weighted by molar-refractivity contribution is -0.0753. The van der Waals surface area contributed by atoms with E-state index in [2.05, 4.69) is 65.8 Å². The van der Waals surface area contributed by atoms with Crippen molar-refractivity contribution >= 4 is 17.2 Å². The Labute approximate surface area is 285 Å². The molecular weight excluding hydrogens is 642 g/mol. The lowest BCUT2D eigenvalue weighted by atomic mass is 9.76. The molecule has 0 fully saturated rings. The number of aliphatic hydroxyl groups is 3. The second-order valence-electron chi connectivity index (χ2n) is 12.2. The second-order valence-corrected chi connectivity index (χ2v) is 13.3. The monoisotopic (exact) mass is 704 g/mol. The van der Waals surface area contributed by atoms with Crippen LogP contribution in [0.25, 0.3) is 0 Å². The Morgan fingerprint density at radius 2 is 0.830 bits per heavy atom. The second kappa shape index (κ2) is 25.7. The molecule has 0 saturated heterocycles. The summed E-state index contributed by atoms with van der Waals surface area (Å²) in [6.07, 6.45) is 11.6. The molecule has 0 spiro atoms. The van der Waals surface area contributed by atoms with Crippen LogP contribution < -0.4 is 4.74 Å². The fraction of sp³-hybridized carbons (Fsp3) is 0.657. The standard InChI is InChI=1S/C35H56O4.2H3O3P/c1-7-11-15-28-19-26(5)20-29(16-12-8-2)32(28)34(35(23-36,24-37)25-38)39-33-30(17-13-9-3)21-27(6)22-31(33)18-14-10-4;2*1-4(2)3/h19-22,34,36-38H,7-18,23-25H2,1-6H3;2*1-3H. The highest BCUT2D eigenvalue weighted by Crippen LogP contribution is 2.44. The smallest absolute Gasteiger partial charge is 0.324 e. The minimum absolute atomic E-state index is 0.362. The van der Waals surface area contributed by atoms with Gasteiger partial charge in [0.2, 0.25) is 0 Å². The molecule has 0 aliphatic carbocycles. The number of rotatable bonds is 19. The van der Waals surface area contributed by atoms with Crippen LogP contribution in [0.4, 0.5) is 0 Å². The van der Waals surface area contributed by atoms with Gasteiger partial charge in [-0.2, -0.15) is 0 Å². The van der Waals surface area contributed by atoms with E-state index in [0.717, 1.165) is 88.4 Å². The zero-order valence-corrected chi connectivity index (χ0v) is 31.1. The Bertz CT molecular complexity index is 1030. The summed E-state index contributed by atoms with van der Waals surface area (Å²) in [5.74, 6) is 0.885. The summed E-state index contributed by atoms with van der Waals surface area (Å²) in [7, 11) is -5.24. The molecule has 47 heavy (non-hydrogen) atoms. The largest absolute Gasteiger partial charge is 0.484 e. The van der Waals surface area contributed by atoms with Crippen molar-refractivity contribution in [3.63, 3.8) is 0 Å². The highest BCUT2D eigenvalue weighted by molar-refractivity contribution is 7.38. The van der Waals surface area contributed by atoms with Gasteiger partial charge < -0.3 is 49.4 Å². The molecule has 0 heterocycles. The number of hydrogen-bond acceptors (Lipinski definition) is 10. The van der Waals surface area contributed by atoms with Gasteiger partial charge in [0.25, 0.3) is 0 Å². The van der Waals surface area contributed by atoms with Crippen molar-refractivity contribution < 1.29 is 49.4 Å². The molecule has 2 aromatic carbocycles. The first-order chi connectivity index (χ1) is 22.3. The number of unbranched alkanes of at least 4 members (excludes halogenated alkanes) is 4. The van der Waals surface area contributed by atoms with E-state index in [-0.39, 0.29) is 19.8 Å². The van der Waals surface area contributed by atoms with E-state index in [1.807, 2.05) is 0 Å². The minimum Gasteiger partial charge on any atom is -0.484 e. The first kappa shape index (κ1) is 45.7. The summed E-state index contributed by atoms with van der Waals surface area (Å²) >= 11 is 0. The van der Waals surface area contributed by atoms with Gasteiger partial charge in [-0.25, -0.2) is 0 Å². The predicted octanol–water partition coefficient (Wildman–Crippen LogP) is 6.14. The molecule has 9 N–H and O–H groups in total. The lowest BCUT2D eigenvalue weighted by Crippen LogP contribution is -2.43. The molecule has 0 aliphatic heterocycles. The number of hydrogen-bond donors (Lipinski definition) is 9. The fourth-order valence-electron chi connectivity index (χ4n) is 5.63. The van der Waals surface area contributed by atoms with Crippen LogP contribution in [-0.2, 0) is 25.7 Å². The van der Waals surface area contributed by atoms with Crippen molar-refractivity contribution in [1.29, 1.82) is 0 Å². The maximum absolute atomic E-state index is 10.7. The van der Waals surface area contributed by atoms with E-state index in [9.17, 15) is 15.3 Å². The van der Waals surface area contributed by atoms with Crippen LogP contribution >= 0.6 is 17.2 Å². The maximum atomic E-state index is 10.7. The third-order valence-electron chi connectivity index (χ3n) is 8.08. The lowest BCUT2D eigenvalue weighted by Gasteiger charge is -2.39. The molecular formula is C35H62O10P2. The van der Waals surface area contributed by atoms with E-state index >= 15 is 0 Å². The van der Waals surface area contributed by atoms with Crippen molar-refractivity contribution in [1.82, 2.24) is 0 Å². The number of aryl methyl sites for hydroxylation is 6. The summed E-state index contributed by atoms with van der Waals surface area (Å²) in [6, 6.07) is 8.97. The van der Waals surface area contributed by atoms with E-state index in [1.54, 1.807) is 0 Å².